The van der Waals surface area contributed by atoms with Crippen molar-refractivity contribution in [1.29, 1.82) is 0 Å². The van der Waals surface area contributed by atoms with E-state index >= 15 is 0 Å². The van der Waals surface area contributed by atoms with E-state index in [0.717, 1.165) is 17.1 Å². The van der Waals surface area contributed by atoms with Crippen molar-refractivity contribution in [2.45, 2.75) is 26.3 Å². The smallest absolute Gasteiger partial charge is 0.272 e. The Morgan fingerprint density at radius 1 is 1.37 bits per heavy atom. The third-order valence-electron chi connectivity index (χ3n) is 3.11. The topological polar surface area (TPSA) is 82.3 Å². The summed E-state index contributed by atoms with van der Waals surface area (Å²) in [4.78, 5) is 10.6. The second-order valence-electron chi connectivity index (χ2n) is 4.57. The summed E-state index contributed by atoms with van der Waals surface area (Å²) in [6.07, 6.45) is 0.414. The lowest BCUT2D eigenvalue weighted by molar-refractivity contribution is -0.385. The molecular formula is C14H16N2O3. The average molecular weight is 260 g/mol. The molecule has 5 nitrogen and oxygen atoms in total. The van der Waals surface area contributed by atoms with Crippen LogP contribution in [0.1, 0.15) is 28.7 Å². The first-order valence-electron chi connectivity index (χ1n) is 6.04. The Kier molecular flexibility index (Phi) is 3.66. The standard InChI is InChI=1S/C14H16N2O3/c1-9-7-12(10(2)19-9)13(15)8-11-5-3-4-6-14(11)16(17)18/h3-7,13H,8,15H2,1-2H3. The van der Waals surface area contributed by atoms with E-state index in [0.29, 0.717) is 12.0 Å². The summed E-state index contributed by atoms with van der Waals surface area (Å²) in [6.45, 7) is 3.70. The molecule has 2 aromatic rings. The van der Waals surface area contributed by atoms with Crippen LogP contribution in [0.3, 0.4) is 0 Å². The summed E-state index contributed by atoms with van der Waals surface area (Å²) in [7, 11) is 0. The lowest BCUT2D eigenvalue weighted by atomic mass is 9.99. The number of hydrogen-bond donors (Lipinski definition) is 1. The van der Waals surface area contributed by atoms with Crippen molar-refractivity contribution in [3.8, 4) is 0 Å². The predicted octanol–water partition coefficient (Wildman–Crippen LogP) is 3.05. The number of furan rings is 1. The van der Waals surface area contributed by atoms with Gasteiger partial charge in [-0.2, -0.15) is 0 Å². The van der Waals surface area contributed by atoms with Crippen molar-refractivity contribution in [3.63, 3.8) is 0 Å². The molecule has 2 N–H and O–H groups in total. The van der Waals surface area contributed by atoms with Crippen LogP contribution in [0.5, 0.6) is 0 Å². The first-order chi connectivity index (χ1) is 8.99. The number of nitrogens with zero attached hydrogens (tertiary/aromatic N) is 1. The van der Waals surface area contributed by atoms with Gasteiger partial charge in [0.25, 0.3) is 5.69 Å². The highest BCUT2D eigenvalue weighted by molar-refractivity contribution is 5.41. The van der Waals surface area contributed by atoms with Gasteiger partial charge in [0.15, 0.2) is 0 Å². The van der Waals surface area contributed by atoms with Gasteiger partial charge in [0.05, 0.1) is 4.92 Å². The Morgan fingerprint density at radius 3 is 2.63 bits per heavy atom. The molecule has 0 saturated heterocycles. The van der Waals surface area contributed by atoms with E-state index < -0.39 is 0 Å². The Hall–Kier alpha value is -2.14. The molecule has 0 fully saturated rings. The molecule has 100 valence electrons. The van der Waals surface area contributed by atoms with Crippen molar-refractivity contribution in [2.24, 2.45) is 5.73 Å². The highest BCUT2D eigenvalue weighted by Gasteiger charge is 2.19. The molecule has 0 aliphatic rings. The average Bonchev–Trinajstić information content (AvgIpc) is 2.69. The maximum Gasteiger partial charge on any atom is 0.272 e. The molecule has 2 rings (SSSR count). The normalized spacial score (nSPS) is 12.4. The number of aryl methyl sites for hydroxylation is 2. The lowest BCUT2D eigenvalue weighted by Gasteiger charge is -2.10. The van der Waals surface area contributed by atoms with Crippen molar-refractivity contribution in [1.82, 2.24) is 0 Å². The van der Waals surface area contributed by atoms with Crippen LogP contribution in [0.2, 0.25) is 0 Å². The summed E-state index contributed by atoms with van der Waals surface area (Å²) in [5, 5.41) is 11.0. The number of para-hydroxylation sites is 1. The predicted molar refractivity (Wildman–Crippen MR) is 71.9 cm³/mol. The fraction of sp³-hybridized carbons (Fsp3) is 0.286. The minimum Gasteiger partial charge on any atom is -0.466 e. The van der Waals surface area contributed by atoms with Crippen LogP contribution >= 0.6 is 0 Å². The first kappa shape index (κ1) is 13.3. The Bertz CT molecular complexity index is 604. The zero-order valence-electron chi connectivity index (χ0n) is 10.9. The van der Waals surface area contributed by atoms with Crippen LogP contribution in [-0.2, 0) is 6.42 Å². The summed E-state index contributed by atoms with van der Waals surface area (Å²) in [5.41, 5.74) is 7.77. The summed E-state index contributed by atoms with van der Waals surface area (Å²) in [5.74, 6) is 1.56. The van der Waals surface area contributed by atoms with Gasteiger partial charge in [-0.1, -0.05) is 18.2 Å². The number of nitro groups is 1. The molecule has 0 radical (unpaired) electrons. The number of nitro benzene ring substituents is 1. The van der Waals surface area contributed by atoms with E-state index in [1.807, 2.05) is 19.9 Å². The van der Waals surface area contributed by atoms with Gasteiger partial charge in [-0.3, -0.25) is 10.1 Å². The summed E-state index contributed by atoms with van der Waals surface area (Å²) in [6, 6.07) is 8.24. The molecule has 0 amide bonds. The second-order valence-corrected chi connectivity index (χ2v) is 4.57. The van der Waals surface area contributed by atoms with Crippen LogP contribution in [0.15, 0.2) is 34.7 Å². The van der Waals surface area contributed by atoms with Crippen molar-refractivity contribution in [3.05, 3.63) is 63.1 Å². The minimum absolute atomic E-state index is 0.107. The molecule has 0 aliphatic heterocycles. The molecule has 1 aromatic carbocycles. The van der Waals surface area contributed by atoms with E-state index in [9.17, 15) is 10.1 Å². The monoisotopic (exact) mass is 260 g/mol. The molecule has 1 aromatic heterocycles. The van der Waals surface area contributed by atoms with Gasteiger partial charge < -0.3 is 10.2 Å². The van der Waals surface area contributed by atoms with Gasteiger partial charge in [0.2, 0.25) is 0 Å². The fourth-order valence-corrected chi connectivity index (χ4v) is 2.23. The van der Waals surface area contributed by atoms with E-state index in [1.165, 1.54) is 6.07 Å². The van der Waals surface area contributed by atoms with Crippen LogP contribution in [0, 0.1) is 24.0 Å². The quantitative estimate of drug-likeness (QED) is 0.676. The highest BCUT2D eigenvalue weighted by atomic mass is 16.6. The maximum atomic E-state index is 11.0. The zero-order chi connectivity index (χ0) is 14.0. The van der Waals surface area contributed by atoms with E-state index in [-0.39, 0.29) is 16.7 Å². The minimum atomic E-state index is -0.379. The Balaban J connectivity index is 2.26. The number of rotatable bonds is 4. The molecule has 5 heteroatoms. The zero-order valence-corrected chi connectivity index (χ0v) is 10.9. The molecule has 1 atom stereocenters. The number of hydrogen-bond acceptors (Lipinski definition) is 4. The van der Waals surface area contributed by atoms with Gasteiger partial charge in [0.1, 0.15) is 11.5 Å². The molecule has 0 aliphatic carbocycles. The third-order valence-corrected chi connectivity index (χ3v) is 3.11. The van der Waals surface area contributed by atoms with Crippen LogP contribution < -0.4 is 5.73 Å². The van der Waals surface area contributed by atoms with Gasteiger partial charge in [0, 0.05) is 23.2 Å². The molecule has 1 unspecified atom stereocenters. The van der Waals surface area contributed by atoms with Gasteiger partial charge >= 0.3 is 0 Å². The largest absolute Gasteiger partial charge is 0.466 e. The van der Waals surface area contributed by atoms with Gasteiger partial charge in [-0.25, -0.2) is 0 Å². The molecule has 0 spiro atoms. The van der Waals surface area contributed by atoms with Crippen LogP contribution in [-0.4, -0.2) is 4.92 Å². The maximum absolute atomic E-state index is 11.0. The SMILES string of the molecule is Cc1cc(C(N)Cc2ccccc2[N+](=O)[O-])c(C)o1. The van der Waals surface area contributed by atoms with Crippen molar-refractivity contribution in [2.75, 3.05) is 0 Å². The van der Waals surface area contributed by atoms with E-state index in [1.54, 1.807) is 18.2 Å². The second kappa shape index (κ2) is 5.24. The molecule has 19 heavy (non-hydrogen) atoms. The summed E-state index contributed by atoms with van der Waals surface area (Å²) >= 11 is 0. The van der Waals surface area contributed by atoms with E-state index in [4.69, 9.17) is 10.2 Å². The molecular weight excluding hydrogens is 244 g/mol. The number of nitrogens with two attached hydrogens (primary N) is 1. The summed E-state index contributed by atoms with van der Waals surface area (Å²) < 4.78 is 5.44. The van der Waals surface area contributed by atoms with Crippen LogP contribution in [0.4, 0.5) is 5.69 Å². The Morgan fingerprint density at radius 2 is 2.05 bits per heavy atom. The van der Waals surface area contributed by atoms with Crippen molar-refractivity contribution >= 4 is 5.69 Å². The van der Waals surface area contributed by atoms with E-state index in [2.05, 4.69) is 0 Å². The first-order valence-corrected chi connectivity index (χ1v) is 6.04. The van der Waals surface area contributed by atoms with Crippen molar-refractivity contribution < 1.29 is 9.34 Å². The number of benzene rings is 1. The van der Waals surface area contributed by atoms with Gasteiger partial charge in [-0.05, 0) is 26.3 Å². The van der Waals surface area contributed by atoms with Crippen LogP contribution in [0.25, 0.3) is 0 Å². The molecule has 1 heterocycles. The molecule has 0 saturated carbocycles. The highest BCUT2D eigenvalue weighted by Crippen LogP contribution is 2.26. The lowest BCUT2D eigenvalue weighted by Crippen LogP contribution is -2.14. The van der Waals surface area contributed by atoms with Gasteiger partial charge in [-0.15, -0.1) is 0 Å². The molecule has 0 bridgehead atoms. The fourth-order valence-electron chi connectivity index (χ4n) is 2.23. The Labute approximate surface area is 111 Å². The third kappa shape index (κ3) is 2.82.